The Morgan fingerprint density at radius 1 is 0.895 bits per heavy atom. The second-order valence-electron chi connectivity index (χ2n) is 4.73. The predicted molar refractivity (Wildman–Crippen MR) is 70.4 cm³/mol. The van der Waals surface area contributed by atoms with Crippen molar-refractivity contribution >= 4 is 5.97 Å². The summed E-state index contributed by atoms with van der Waals surface area (Å²) in [7, 11) is 0. The second kappa shape index (κ2) is 4.86. The molecular weight excluding hydrogens is 240 g/mol. The molecular formula is C16H15O3-. The van der Waals surface area contributed by atoms with Gasteiger partial charge in [-0.25, -0.2) is 0 Å². The maximum absolute atomic E-state index is 11.4. The lowest BCUT2D eigenvalue weighted by Crippen LogP contribution is -2.46. The molecule has 0 bridgehead atoms. The maximum Gasteiger partial charge on any atom is 0.154 e. The number of aryl methyl sites for hydroxylation is 2. The Morgan fingerprint density at radius 2 is 1.21 bits per heavy atom. The second-order valence-corrected chi connectivity index (χ2v) is 4.73. The van der Waals surface area contributed by atoms with E-state index in [0.29, 0.717) is 11.1 Å². The molecule has 0 spiro atoms. The van der Waals surface area contributed by atoms with Crippen LogP contribution < -0.4 is 5.11 Å². The monoisotopic (exact) mass is 255 g/mol. The summed E-state index contributed by atoms with van der Waals surface area (Å²) in [5.74, 6) is -1.53. The summed E-state index contributed by atoms with van der Waals surface area (Å²) in [5, 5.41) is 22.0. The Hall–Kier alpha value is -2.13. The molecule has 0 aliphatic heterocycles. The zero-order valence-corrected chi connectivity index (χ0v) is 10.9. The van der Waals surface area contributed by atoms with Gasteiger partial charge in [-0.2, -0.15) is 0 Å². The van der Waals surface area contributed by atoms with Gasteiger partial charge in [-0.15, -0.1) is 0 Å². The molecule has 0 heterocycles. The quantitative estimate of drug-likeness (QED) is 0.899. The van der Waals surface area contributed by atoms with Gasteiger partial charge in [0.2, 0.25) is 0 Å². The molecule has 1 N–H and O–H groups in total. The van der Waals surface area contributed by atoms with Gasteiger partial charge in [0, 0.05) is 0 Å². The van der Waals surface area contributed by atoms with E-state index in [2.05, 4.69) is 0 Å². The molecule has 3 heteroatoms. The van der Waals surface area contributed by atoms with Crippen molar-refractivity contribution in [1.29, 1.82) is 0 Å². The van der Waals surface area contributed by atoms with Gasteiger partial charge in [0.15, 0.2) is 5.60 Å². The molecule has 0 fully saturated rings. The van der Waals surface area contributed by atoms with Crippen LogP contribution in [0.15, 0.2) is 48.5 Å². The van der Waals surface area contributed by atoms with Gasteiger partial charge in [-0.05, 0) is 25.0 Å². The first-order valence-corrected chi connectivity index (χ1v) is 6.02. The van der Waals surface area contributed by atoms with Crippen molar-refractivity contribution in [3.63, 3.8) is 0 Å². The van der Waals surface area contributed by atoms with Crippen molar-refractivity contribution < 1.29 is 15.0 Å². The third-order valence-corrected chi connectivity index (χ3v) is 3.23. The molecule has 2 rings (SSSR count). The van der Waals surface area contributed by atoms with Gasteiger partial charge in [-0.1, -0.05) is 59.7 Å². The number of hydrogen-bond donors (Lipinski definition) is 1. The molecule has 0 amide bonds. The number of carbonyl (C=O) groups excluding carboxylic acids is 1. The summed E-state index contributed by atoms with van der Waals surface area (Å²) < 4.78 is 0. The maximum atomic E-state index is 11.4. The van der Waals surface area contributed by atoms with Crippen molar-refractivity contribution in [1.82, 2.24) is 0 Å². The number of carbonyl (C=O) groups is 1. The summed E-state index contributed by atoms with van der Waals surface area (Å²) in [5.41, 5.74) is 0.451. The third-order valence-electron chi connectivity index (χ3n) is 3.23. The van der Waals surface area contributed by atoms with E-state index in [1.807, 2.05) is 13.8 Å². The van der Waals surface area contributed by atoms with Gasteiger partial charge in [0.05, 0.1) is 5.97 Å². The van der Waals surface area contributed by atoms with E-state index in [9.17, 15) is 15.0 Å². The minimum Gasteiger partial charge on any atom is -0.546 e. The highest BCUT2D eigenvalue weighted by Gasteiger charge is 2.33. The molecule has 0 atom stereocenters. The van der Waals surface area contributed by atoms with E-state index in [1.165, 1.54) is 0 Å². The van der Waals surface area contributed by atoms with E-state index in [0.717, 1.165) is 11.1 Å². The summed E-state index contributed by atoms with van der Waals surface area (Å²) in [6.45, 7) is 3.79. The Balaban J connectivity index is 2.57. The summed E-state index contributed by atoms with van der Waals surface area (Å²) in [6.07, 6.45) is 0. The molecule has 2 aromatic rings. The smallest absolute Gasteiger partial charge is 0.154 e. The summed E-state index contributed by atoms with van der Waals surface area (Å²) in [6, 6.07) is 13.5. The first-order valence-electron chi connectivity index (χ1n) is 6.02. The number of carboxylic acids is 1. The summed E-state index contributed by atoms with van der Waals surface area (Å²) in [4.78, 5) is 11.4. The fourth-order valence-electron chi connectivity index (χ4n) is 1.99. The van der Waals surface area contributed by atoms with Crippen LogP contribution in [0.1, 0.15) is 22.3 Å². The standard InChI is InChI=1S/C16H16O3/c1-11-3-7-13(8-4-11)16(19,15(17)18)14-9-5-12(2)6-10-14/h3-10,19H,1-2H3,(H,17,18)/p-1. The average molecular weight is 255 g/mol. The van der Waals surface area contributed by atoms with Gasteiger partial charge < -0.3 is 15.0 Å². The fourth-order valence-corrected chi connectivity index (χ4v) is 1.99. The van der Waals surface area contributed by atoms with Crippen LogP contribution in [-0.2, 0) is 10.4 Å². The number of benzene rings is 2. The van der Waals surface area contributed by atoms with Crippen LogP contribution in [0, 0.1) is 13.8 Å². The first kappa shape index (κ1) is 13.3. The average Bonchev–Trinajstić information content (AvgIpc) is 2.39. The Kier molecular flexibility index (Phi) is 3.40. The van der Waals surface area contributed by atoms with Crippen LogP contribution in [0.25, 0.3) is 0 Å². The minimum atomic E-state index is -2.12. The number of hydrogen-bond acceptors (Lipinski definition) is 3. The predicted octanol–water partition coefficient (Wildman–Crippen LogP) is 1.29. The van der Waals surface area contributed by atoms with Gasteiger partial charge in [0.25, 0.3) is 0 Å². The van der Waals surface area contributed by atoms with Gasteiger partial charge in [0.1, 0.15) is 0 Å². The van der Waals surface area contributed by atoms with E-state index in [4.69, 9.17) is 0 Å². The Bertz CT molecular complexity index is 537. The van der Waals surface area contributed by atoms with Crippen molar-refractivity contribution in [2.75, 3.05) is 0 Å². The minimum absolute atomic E-state index is 0.293. The highest BCUT2D eigenvalue weighted by atomic mass is 16.4. The van der Waals surface area contributed by atoms with E-state index >= 15 is 0 Å². The molecule has 0 aliphatic rings. The molecule has 0 saturated carbocycles. The number of rotatable bonds is 3. The third kappa shape index (κ3) is 2.37. The molecule has 19 heavy (non-hydrogen) atoms. The van der Waals surface area contributed by atoms with Crippen molar-refractivity contribution in [2.24, 2.45) is 0 Å². The van der Waals surface area contributed by atoms with E-state index in [1.54, 1.807) is 48.5 Å². The van der Waals surface area contributed by atoms with E-state index in [-0.39, 0.29) is 0 Å². The van der Waals surface area contributed by atoms with Crippen molar-refractivity contribution in [2.45, 2.75) is 19.4 Å². The lowest BCUT2D eigenvalue weighted by atomic mass is 9.86. The van der Waals surface area contributed by atoms with Crippen LogP contribution in [0.4, 0.5) is 0 Å². The van der Waals surface area contributed by atoms with Crippen molar-refractivity contribution in [3.8, 4) is 0 Å². The molecule has 0 saturated heterocycles. The Labute approximate surface area is 112 Å². The normalized spacial score (nSPS) is 11.3. The largest absolute Gasteiger partial charge is 0.546 e. The molecule has 0 aromatic heterocycles. The SMILES string of the molecule is Cc1ccc(C(O)(C(=O)[O-])c2ccc(C)cc2)cc1. The lowest BCUT2D eigenvalue weighted by molar-refractivity contribution is -0.322. The highest BCUT2D eigenvalue weighted by molar-refractivity contribution is 5.82. The van der Waals surface area contributed by atoms with Crippen LogP contribution in [0.3, 0.4) is 0 Å². The molecule has 0 unspecified atom stereocenters. The lowest BCUT2D eigenvalue weighted by Gasteiger charge is -2.30. The van der Waals surface area contributed by atoms with Crippen LogP contribution >= 0.6 is 0 Å². The molecule has 0 radical (unpaired) electrons. The fraction of sp³-hybridized carbons (Fsp3) is 0.188. The number of aliphatic carboxylic acids is 1. The number of aliphatic hydroxyl groups is 1. The zero-order valence-electron chi connectivity index (χ0n) is 10.9. The van der Waals surface area contributed by atoms with Gasteiger partial charge in [-0.3, -0.25) is 0 Å². The Morgan fingerprint density at radius 3 is 1.47 bits per heavy atom. The number of carboxylic acid groups (broad SMARTS) is 1. The van der Waals surface area contributed by atoms with E-state index < -0.39 is 11.6 Å². The van der Waals surface area contributed by atoms with Gasteiger partial charge >= 0.3 is 0 Å². The van der Waals surface area contributed by atoms with Crippen LogP contribution in [0.5, 0.6) is 0 Å². The molecule has 2 aromatic carbocycles. The highest BCUT2D eigenvalue weighted by Crippen LogP contribution is 2.29. The zero-order chi connectivity index (χ0) is 14.0. The molecule has 98 valence electrons. The summed E-state index contributed by atoms with van der Waals surface area (Å²) >= 11 is 0. The molecule has 0 aliphatic carbocycles. The topological polar surface area (TPSA) is 60.4 Å². The first-order chi connectivity index (χ1) is 8.94. The van der Waals surface area contributed by atoms with Crippen LogP contribution in [0.2, 0.25) is 0 Å². The van der Waals surface area contributed by atoms with Crippen molar-refractivity contribution in [3.05, 3.63) is 70.8 Å². The molecule has 3 nitrogen and oxygen atoms in total. The van der Waals surface area contributed by atoms with Crippen LogP contribution in [-0.4, -0.2) is 11.1 Å².